The van der Waals surface area contributed by atoms with Gasteiger partial charge >= 0.3 is 0 Å². The van der Waals surface area contributed by atoms with Crippen LogP contribution in [-0.4, -0.2) is 12.5 Å². The van der Waals surface area contributed by atoms with E-state index in [1.807, 2.05) is 24.3 Å². The Balaban J connectivity index is 1.68. The lowest BCUT2D eigenvalue weighted by Crippen LogP contribution is -2.33. The molecule has 128 valence electrons. The molecular formula is C22H22FNO. The molecule has 1 fully saturated rings. The first-order valence-electron chi connectivity index (χ1n) is 8.84. The van der Waals surface area contributed by atoms with Gasteiger partial charge in [-0.25, -0.2) is 4.39 Å². The van der Waals surface area contributed by atoms with Gasteiger partial charge in [-0.3, -0.25) is 4.79 Å². The number of allylic oxidation sites excluding steroid dienone is 5. The SMILES string of the molecule is O=C(NCC1CCC1)C1=CC=C(C#Cc2cccc(F)c2)C=CCC1. The normalized spacial score (nSPS) is 17.2. The summed E-state index contributed by atoms with van der Waals surface area (Å²) in [5, 5.41) is 3.04. The molecular weight excluding hydrogens is 313 g/mol. The van der Waals surface area contributed by atoms with Gasteiger partial charge in [0.25, 0.3) is 0 Å². The highest BCUT2D eigenvalue weighted by atomic mass is 19.1. The highest BCUT2D eigenvalue weighted by molar-refractivity contribution is 5.93. The average Bonchev–Trinajstić information content (AvgIpc) is 2.52. The smallest absolute Gasteiger partial charge is 0.247 e. The Morgan fingerprint density at radius 3 is 2.88 bits per heavy atom. The standard InChI is InChI=1S/C22H22FNO/c23-21-10-4-6-18(15-21)12-11-17-5-1-2-9-20(14-13-17)22(25)24-16-19-7-3-8-19/h1,4-6,10,13-15,19H,2-3,7-9,16H2,(H,24,25). The Kier molecular flexibility index (Phi) is 5.85. The number of carbonyl (C=O) groups is 1. The quantitative estimate of drug-likeness (QED) is 0.820. The molecule has 2 aliphatic rings. The summed E-state index contributed by atoms with van der Waals surface area (Å²) in [5.74, 6) is 6.39. The zero-order chi connectivity index (χ0) is 17.5. The number of halogens is 1. The fraction of sp³-hybridized carbons (Fsp3) is 0.318. The highest BCUT2D eigenvalue weighted by Gasteiger charge is 2.18. The zero-order valence-corrected chi connectivity index (χ0v) is 14.2. The number of rotatable bonds is 3. The van der Waals surface area contributed by atoms with Crippen LogP contribution in [0.1, 0.15) is 37.7 Å². The van der Waals surface area contributed by atoms with E-state index in [4.69, 9.17) is 0 Å². The van der Waals surface area contributed by atoms with E-state index in [-0.39, 0.29) is 11.7 Å². The van der Waals surface area contributed by atoms with Gasteiger partial charge in [0.15, 0.2) is 0 Å². The minimum Gasteiger partial charge on any atom is -0.352 e. The van der Waals surface area contributed by atoms with Gasteiger partial charge in [-0.05, 0) is 55.9 Å². The maximum Gasteiger partial charge on any atom is 0.247 e. The second kappa shape index (κ2) is 8.48. The molecule has 25 heavy (non-hydrogen) atoms. The van der Waals surface area contributed by atoms with E-state index < -0.39 is 0 Å². The third-order valence-corrected chi connectivity index (χ3v) is 4.59. The maximum atomic E-state index is 13.2. The van der Waals surface area contributed by atoms with Crippen molar-refractivity contribution in [2.75, 3.05) is 6.54 Å². The summed E-state index contributed by atoms with van der Waals surface area (Å²) in [6.45, 7) is 0.780. The van der Waals surface area contributed by atoms with Gasteiger partial charge in [-0.15, -0.1) is 0 Å². The number of nitrogens with one attached hydrogen (secondary N) is 1. The molecule has 1 aromatic rings. The Morgan fingerprint density at radius 1 is 1.24 bits per heavy atom. The van der Waals surface area contributed by atoms with Gasteiger partial charge in [0.1, 0.15) is 5.82 Å². The van der Waals surface area contributed by atoms with E-state index in [1.54, 1.807) is 12.1 Å². The second-order valence-electron chi connectivity index (χ2n) is 6.52. The Bertz CT molecular complexity index is 788. The van der Waals surface area contributed by atoms with Crippen molar-refractivity contribution in [1.29, 1.82) is 0 Å². The summed E-state index contributed by atoms with van der Waals surface area (Å²) in [4.78, 5) is 12.3. The molecule has 2 nitrogen and oxygen atoms in total. The molecule has 0 atom stereocenters. The summed E-state index contributed by atoms with van der Waals surface area (Å²) in [6.07, 6.45) is 13.0. The molecule has 0 aromatic heterocycles. The topological polar surface area (TPSA) is 29.1 Å². The zero-order valence-electron chi connectivity index (χ0n) is 14.2. The summed E-state index contributed by atoms with van der Waals surface area (Å²) >= 11 is 0. The van der Waals surface area contributed by atoms with E-state index in [9.17, 15) is 9.18 Å². The molecule has 0 spiro atoms. The van der Waals surface area contributed by atoms with E-state index in [2.05, 4.69) is 17.2 Å². The van der Waals surface area contributed by atoms with E-state index >= 15 is 0 Å². The predicted molar refractivity (Wildman–Crippen MR) is 98.2 cm³/mol. The van der Waals surface area contributed by atoms with Crippen molar-refractivity contribution in [2.45, 2.75) is 32.1 Å². The molecule has 0 radical (unpaired) electrons. The predicted octanol–water partition coefficient (Wildman–Crippen LogP) is 4.30. The Hall–Kier alpha value is -2.60. The van der Waals surface area contributed by atoms with Crippen molar-refractivity contribution in [2.24, 2.45) is 5.92 Å². The molecule has 1 saturated carbocycles. The maximum absolute atomic E-state index is 13.2. The molecule has 1 amide bonds. The lowest BCUT2D eigenvalue weighted by molar-refractivity contribution is -0.117. The Morgan fingerprint density at radius 2 is 2.12 bits per heavy atom. The molecule has 1 N–H and O–H groups in total. The third-order valence-electron chi connectivity index (χ3n) is 4.59. The van der Waals surface area contributed by atoms with Gasteiger partial charge in [0.2, 0.25) is 5.91 Å². The van der Waals surface area contributed by atoms with Gasteiger partial charge in [0.05, 0.1) is 0 Å². The summed E-state index contributed by atoms with van der Waals surface area (Å²) in [6, 6.07) is 6.23. The molecule has 3 heteroatoms. The van der Waals surface area contributed by atoms with Gasteiger partial charge < -0.3 is 5.32 Å². The van der Waals surface area contributed by atoms with Crippen LogP contribution in [0.2, 0.25) is 0 Å². The van der Waals surface area contributed by atoms with E-state index in [0.29, 0.717) is 11.5 Å². The number of amides is 1. The molecule has 1 aromatic carbocycles. The highest BCUT2D eigenvalue weighted by Crippen LogP contribution is 2.25. The van der Waals surface area contributed by atoms with Crippen LogP contribution in [0.3, 0.4) is 0 Å². The first-order chi connectivity index (χ1) is 12.2. The summed E-state index contributed by atoms with van der Waals surface area (Å²) in [7, 11) is 0. The van der Waals surface area contributed by atoms with Crippen LogP contribution in [-0.2, 0) is 4.79 Å². The fourth-order valence-electron chi connectivity index (χ4n) is 2.81. The molecule has 0 unspecified atom stereocenters. The first-order valence-corrected chi connectivity index (χ1v) is 8.84. The average molecular weight is 335 g/mol. The largest absolute Gasteiger partial charge is 0.352 e. The van der Waals surface area contributed by atoms with Crippen LogP contribution in [0, 0.1) is 23.6 Å². The van der Waals surface area contributed by atoms with Crippen molar-refractivity contribution in [3.05, 3.63) is 71.1 Å². The molecule has 0 saturated heterocycles. The minimum absolute atomic E-state index is 0.0240. The lowest BCUT2D eigenvalue weighted by atomic mass is 9.85. The van der Waals surface area contributed by atoms with E-state index in [1.165, 1.54) is 31.4 Å². The Labute approximate surface area is 148 Å². The van der Waals surface area contributed by atoms with Gasteiger partial charge in [0, 0.05) is 23.3 Å². The number of benzene rings is 1. The molecule has 0 heterocycles. The van der Waals surface area contributed by atoms with Crippen molar-refractivity contribution in [3.63, 3.8) is 0 Å². The minimum atomic E-state index is -0.292. The van der Waals surface area contributed by atoms with Crippen LogP contribution in [0.4, 0.5) is 4.39 Å². The third kappa shape index (κ3) is 5.19. The fourth-order valence-corrected chi connectivity index (χ4v) is 2.81. The second-order valence-corrected chi connectivity index (χ2v) is 6.52. The van der Waals surface area contributed by atoms with Gasteiger partial charge in [-0.2, -0.15) is 0 Å². The summed E-state index contributed by atoms with van der Waals surface area (Å²) < 4.78 is 13.2. The summed E-state index contributed by atoms with van der Waals surface area (Å²) in [5.41, 5.74) is 2.24. The van der Waals surface area contributed by atoms with Crippen molar-refractivity contribution in [1.82, 2.24) is 5.32 Å². The lowest BCUT2D eigenvalue weighted by Gasteiger charge is -2.25. The van der Waals surface area contributed by atoms with Crippen LogP contribution in [0.5, 0.6) is 0 Å². The van der Waals surface area contributed by atoms with E-state index in [0.717, 1.165) is 30.5 Å². The first kappa shape index (κ1) is 17.2. The van der Waals surface area contributed by atoms with Crippen molar-refractivity contribution < 1.29 is 9.18 Å². The monoisotopic (exact) mass is 335 g/mol. The molecule has 3 rings (SSSR count). The molecule has 2 aliphatic carbocycles. The van der Waals surface area contributed by atoms with Crippen molar-refractivity contribution >= 4 is 5.91 Å². The molecule has 0 aliphatic heterocycles. The van der Waals surface area contributed by atoms with Gasteiger partial charge in [-0.1, -0.05) is 42.6 Å². The van der Waals surface area contributed by atoms with Crippen LogP contribution < -0.4 is 5.32 Å². The van der Waals surface area contributed by atoms with Crippen LogP contribution in [0.15, 0.2) is 59.7 Å². The number of hydrogen-bond donors (Lipinski definition) is 1. The van der Waals surface area contributed by atoms with Crippen LogP contribution in [0.25, 0.3) is 0 Å². The number of carbonyl (C=O) groups excluding carboxylic acids is 1. The molecule has 0 bridgehead atoms. The van der Waals surface area contributed by atoms with Crippen molar-refractivity contribution in [3.8, 4) is 11.8 Å². The number of hydrogen-bond acceptors (Lipinski definition) is 1. The van der Waals surface area contributed by atoms with Crippen LogP contribution >= 0.6 is 0 Å².